The third-order valence-corrected chi connectivity index (χ3v) is 6.30. The van der Waals surface area contributed by atoms with Crippen LogP contribution in [0, 0.1) is 5.41 Å². The highest BCUT2D eigenvalue weighted by Gasteiger charge is 2.43. The van der Waals surface area contributed by atoms with Crippen LogP contribution >= 0.6 is 0 Å². The zero-order valence-corrected chi connectivity index (χ0v) is 18.5. The van der Waals surface area contributed by atoms with Gasteiger partial charge >= 0.3 is 0 Å². The van der Waals surface area contributed by atoms with Crippen LogP contribution in [-0.4, -0.2) is 41.8 Å². The molecule has 1 atom stereocenters. The van der Waals surface area contributed by atoms with Crippen LogP contribution in [0.4, 0.5) is 0 Å². The summed E-state index contributed by atoms with van der Waals surface area (Å²) < 4.78 is 0. The summed E-state index contributed by atoms with van der Waals surface area (Å²) in [6, 6.07) is 24.3. The smallest absolute Gasteiger partial charge is 0.228 e. The number of piperidine rings is 1. The number of benzene rings is 2. The number of nitrogens with zero attached hydrogens (tertiary/aromatic N) is 2. The molecular weight excluding hydrogens is 398 g/mol. The molecule has 1 saturated heterocycles. The standard InChI is InChI=1S/C27H29N3O2/c1-28-26(32)27(19-21-11-13-23(14-12-21)22-8-3-2-4-9-22)15-7-17-30(20-27)25(31)18-24-10-5-6-16-29-24/h2-6,8-14,16H,7,15,17-20H2,1H3,(H,28,32). The summed E-state index contributed by atoms with van der Waals surface area (Å²) in [6.07, 6.45) is 4.14. The lowest BCUT2D eigenvalue weighted by Gasteiger charge is -2.41. The lowest BCUT2D eigenvalue weighted by atomic mass is 9.74. The lowest BCUT2D eigenvalue weighted by Crippen LogP contribution is -2.54. The first-order valence-corrected chi connectivity index (χ1v) is 11.1. The van der Waals surface area contributed by atoms with Gasteiger partial charge in [-0.3, -0.25) is 14.6 Å². The SMILES string of the molecule is CNC(=O)C1(Cc2ccc(-c3ccccc3)cc2)CCCN(C(=O)Cc2ccccn2)C1. The van der Waals surface area contributed by atoms with Crippen molar-refractivity contribution < 1.29 is 9.59 Å². The van der Waals surface area contributed by atoms with Crippen LogP contribution in [-0.2, 0) is 22.4 Å². The first-order chi connectivity index (χ1) is 15.6. The van der Waals surface area contributed by atoms with Crippen molar-refractivity contribution in [2.75, 3.05) is 20.1 Å². The van der Waals surface area contributed by atoms with E-state index in [1.165, 1.54) is 5.56 Å². The number of hydrogen-bond donors (Lipinski definition) is 1. The maximum atomic E-state index is 13.0. The van der Waals surface area contributed by atoms with Gasteiger partial charge in [-0.1, -0.05) is 60.7 Å². The van der Waals surface area contributed by atoms with Crippen molar-refractivity contribution in [2.24, 2.45) is 5.41 Å². The van der Waals surface area contributed by atoms with Crippen molar-refractivity contribution in [3.8, 4) is 11.1 Å². The fourth-order valence-corrected chi connectivity index (χ4v) is 4.63. The van der Waals surface area contributed by atoms with Crippen molar-refractivity contribution in [3.05, 3.63) is 90.3 Å². The van der Waals surface area contributed by atoms with E-state index in [9.17, 15) is 9.59 Å². The molecule has 0 radical (unpaired) electrons. The molecule has 0 saturated carbocycles. The van der Waals surface area contributed by atoms with Crippen LogP contribution in [0.1, 0.15) is 24.1 Å². The monoisotopic (exact) mass is 427 g/mol. The van der Waals surface area contributed by atoms with Gasteiger partial charge in [0, 0.05) is 32.0 Å². The van der Waals surface area contributed by atoms with Crippen molar-refractivity contribution in [1.82, 2.24) is 15.2 Å². The molecule has 2 aromatic carbocycles. The van der Waals surface area contributed by atoms with Crippen LogP contribution in [0.3, 0.4) is 0 Å². The molecule has 3 aromatic rings. The van der Waals surface area contributed by atoms with Gasteiger partial charge in [0.25, 0.3) is 0 Å². The van der Waals surface area contributed by atoms with Gasteiger partial charge in [0.1, 0.15) is 0 Å². The minimum absolute atomic E-state index is 0.0000259. The van der Waals surface area contributed by atoms with E-state index in [1.807, 2.05) is 41.3 Å². The Morgan fingerprint density at radius 1 is 0.969 bits per heavy atom. The number of hydrogen-bond acceptors (Lipinski definition) is 3. The van der Waals surface area contributed by atoms with E-state index in [4.69, 9.17) is 0 Å². The Morgan fingerprint density at radius 2 is 1.69 bits per heavy atom. The largest absolute Gasteiger partial charge is 0.359 e. The van der Waals surface area contributed by atoms with Crippen LogP contribution in [0.25, 0.3) is 11.1 Å². The molecule has 1 aliphatic rings. The molecule has 164 valence electrons. The van der Waals surface area contributed by atoms with Crippen molar-refractivity contribution in [1.29, 1.82) is 0 Å². The van der Waals surface area contributed by atoms with Gasteiger partial charge in [-0.2, -0.15) is 0 Å². The number of pyridine rings is 1. The summed E-state index contributed by atoms with van der Waals surface area (Å²) in [5.41, 5.74) is 3.56. The third-order valence-electron chi connectivity index (χ3n) is 6.30. The second-order valence-corrected chi connectivity index (χ2v) is 8.52. The molecule has 32 heavy (non-hydrogen) atoms. The van der Waals surface area contributed by atoms with Crippen LogP contribution in [0.2, 0.25) is 0 Å². The van der Waals surface area contributed by atoms with E-state index in [0.29, 0.717) is 19.5 Å². The maximum Gasteiger partial charge on any atom is 0.228 e. The van der Waals surface area contributed by atoms with Crippen LogP contribution < -0.4 is 5.32 Å². The molecule has 1 N–H and O–H groups in total. The van der Waals surface area contributed by atoms with Crippen molar-refractivity contribution >= 4 is 11.8 Å². The lowest BCUT2D eigenvalue weighted by molar-refractivity contribution is -0.141. The highest BCUT2D eigenvalue weighted by molar-refractivity contribution is 5.85. The number of aromatic nitrogens is 1. The maximum absolute atomic E-state index is 13.0. The van der Waals surface area contributed by atoms with Crippen LogP contribution in [0.15, 0.2) is 79.0 Å². The van der Waals surface area contributed by atoms with Gasteiger partial charge in [0.15, 0.2) is 0 Å². The van der Waals surface area contributed by atoms with Crippen LogP contribution in [0.5, 0.6) is 0 Å². The van der Waals surface area contributed by atoms with Crippen molar-refractivity contribution in [2.45, 2.75) is 25.7 Å². The summed E-state index contributed by atoms with van der Waals surface area (Å²) in [4.78, 5) is 32.1. The topological polar surface area (TPSA) is 62.3 Å². The summed E-state index contributed by atoms with van der Waals surface area (Å²) >= 11 is 0. The summed E-state index contributed by atoms with van der Waals surface area (Å²) in [6.45, 7) is 1.11. The molecule has 1 aromatic heterocycles. The van der Waals surface area contributed by atoms with Gasteiger partial charge in [-0.05, 0) is 48.1 Å². The Hall–Kier alpha value is -3.47. The van der Waals surface area contributed by atoms with E-state index in [2.05, 4.69) is 46.7 Å². The van der Waals surface area contributed by atoms with Gasteiger partial charge in [0.2, 0.25) is 11.8 Å². The second kappa shape index (κ2) is 9.77. The second-order valence-electron chi connectivity index (χ2n) is 8.52. The molecule has 5 heteroatoms. The van der Waals surface area contributed by atoms with Gasteiger partial charge in [-0.25, -0.2) is 0 Å². The highest BCUT2D eigenvalue weighted by Crippen LogP contribution is 2.35. The Kier molecular flexibility index (Phi) is 6.64. The highest BCUT2D eigenvalue weighted by atomic mass is 16.2. The molecule has 2 amide bonds. The van der Waals surface area contributed by atoms with E-state index in [1.54, 1.807) is 13.2 Å². The number of rotatable bonds is 6. The Balaban J connectivity index is 1.51. The predicted molar refractivity (Wildman–Crippen MR) is 126 cm³/mol. The molecule has 1 unspecified atom stereocenters. The third kappa shape index (κ3) is 4.88. The van der Waals surface area contributed by atoms with Crippen molar-refractivity contribution in [3.63, 3.8) is 0 Å². The molecule has 1 fully saturated rings. The molecule has 4 rings (SSSR count). The molecule has 2 heterocycles. The average Bonchev–Trinajstić information content (AvgIpc) is 2.85. The Labute approximate surface area is 189 Å². The summed E-state index contributed by atoms with van der Waals surface area (Å²) in [5, 5.41) is 2.85. The molecule has 0 aliphatic carbocycles. The van der Waals surface area contributed by atoms with E-state index >= 15 is 0 Å². The molecular formula is C27H29N3O2. The number of amides is 2. The number of nitrogens with one attached hydrogen (secondary N) is 1. The number of carbonyl (C=O) groups excluding carboxylic acids is 2. The van der Waals surface area contributed by atoms with E-state index < -0.39 is 5.41 Å². The molecule has 0 bridgehead atoms. The van der Waals surface area contributed by atoms with Gasteiger partial charge in [-0.15, -0.1) is 0 Å². The first-order valence-electron chi connectivity index (χ1n) is 11.1. The zero-order valence-electron chi connectivity index (χ0n) is 18.5. The normalized spacial score (nSPS) is 18.2. The number of likely N-dealkylation sites (tertiary alicyclic amines) is 1. The van der Waals surface area contributed by atoms with E-state index in [0.717, 1.165) is 29.7 Å². The molecule has 5 nitrogen and oxygen atoms in total. The van der Waals surface area contributed by atoms with Gasteiger partial charge in [0.05, 0.1) is 11.8 Å². The summed E-state index contributed by atoms with van der Waals surface area (Å²) in [7, 11) is 1.68. The zero-order chi connectivity index (χ0) is 22.4. The quantitative estimate of drug-likeness (QED) is 0.649. The predicted octanol–water partition coefficient (Wildman–Crippen LogP) is 3.89. The Morgan fingerprint density at radius 3 is 2.38 bits per heavy atom. The minimum Gasteiger partial charge on any atom is -0.359 e. The molecule has 1 aliphatic heterocycles. The van der Waals surface area contributed by atoms with Gasteiger partial charge < -0.3 is 10.2 Å². The van der Waals surface area contributed by atoms with E-state index in [-0.39, 0.29) is 18.2 Å². The first kappa shape index (κ1) is 21.8. The fraction of sp³-hybridized carbons (Fsp3) is 0.296. The molecule has 0 spiro atoms. The number of carbonyl (C=O) groups is 2. The summed E-state index contributed by atoms with van der Waals surface area (Å²) in [5.74, 6) is 0.0241. The fourth-order valence-electron chi connectivity index (χ4n) is 4.63. The average molecular weight is 428 g/mol. The Bertz CT molecular complexity index is 1050. The minimum atomic E-state index is -0.624.